The molecule has 0 unspecified atom stereocenters. The number of benzene rings is 2. The molecule has 0 spiro atoms. The molecular formula is C21H21FN2O3S. The molecule has 0 atom stereocenters. The van der Waals surface area contributed by atoms with Gasteiger partial charge in [-0.2, -0.15) is 0 Å². The summed E-state index contributed by atoms with van der Waals surface area (Å²) in [6.07, 6.45) is 0.559. The van der Waals surface area contributed by atoms with Gasteiger partial charge < -0.3 is 14.8 Å². The fourth-order valence-corrected chi connectivity index (χ4v) is 3.77. The summed E-state index contributed by atoms with van der Waals surface area (Å²) in [4.78, 5) is 17.6. The Bertz CT molecular complexity index is 988. The predicted molar refractivity (Wildman–Crippen MR) is 108 cm³/mol. The fraction of sp³-hybridized carbons (Fsp3) is 0.238. The maximum atomic E-state index is 13.2. The number of halogens is 1. The van der Waals surface area contributed by atoms with Crippen molar-refractivity contribution in [1.29, 1.82) is 0 Å². The van der Waals surface area contributed by atoms with E-state index in [4.69, 9.17) is 9.47 Å². The Labute approximate surface area is 167 Å². The van der Waals surface area contributed by atoms with Crippen LogP contribution in [0.1, 0.15) is 20.9 Å². The molecule has 0 radical (unpaired) electrons. The van der Waals surface area contributed by atoms with Gasteiger partial charge in [-0.3, -0.25) is 4.79 Å². The number of thiazole rings is 1. The summed E-state index contributed by atoms with van der Waals surface area (Å²) in [6, 6.07) is 11.9. The van der Waals surface area contributed by atoms with E-state index in [2.05, 4.69) is 10.3 Å². The summed E-state index contributed by atoms with van der Waals surface area (Å²) < 4.78 is 23.8. The molecule has 1 heterocycles. The van der Waals surface area contributed by atoms with Crippen LogP contribution in [0.5, 0.6) is 11.5 Å². The highest BCUT2D eigenvalue weighted by molar-refractivity contribution is 7.17. The number of methoxy groups -OCH3 is 2. The van der Waals surface area contributed by atoms with E-state index in [0.717, 1.165) is 16.1 Å². The second-order valence-electron chi connectivity index (χ2n) is 6.14. The average Bonchev–Trinajstić information content (AvgIpc) is 3.09. The van der Waals surface area contributed by atoms with Crippen LogP contribution in [0.15, 0.2) is 42.5 Å². The van der Waals surface area contributed by atoms with Crippen LogP contribution in [0.25, 0.3) is 10.6 Å². The Morgan fingerprint density at radius 3 is 2.64 bits per heavy atom. The van der Waals surface area contributed by atoms with Gasteiger partial charge in [-0.1, -0.05) is 12.1 Å². The largest absolute Gasteiger partial charge is 0.493 e. The van der Waals surface area contributed by atoms with Gasteiger partial charge in [-0.25, -0.2) is 9.37 Å². The minimum Gasteiger partial charge on any atom is -0.493 e. The number of carbonyl (C=O) groups excluding carboxylic acids is 1. The number of aryl methyl sites for hydroxylation is 1. The molecule has 3 rings (SSSR count). The molecule has 0 aliphatic rings. The molecule has 0 bridgehead atoms. The lowest BCUT2D eigenvalue weighted by Gasteiger charge is -2.08. The van der Waals surface area contributed by atoms with Crippen LogP contribution in [0, 0.1) is 12.7 Å². The number of aromatic nitrogens is 1. The Morgan fingerprint density at radius 1 is 1.14 bits per heavy atom. The summed E-state index contributed by atoms with van der Waals surface area (Å²) in [5.41, 5.74) is 2.36. The standard InChI is InChI=1S/C21H21FN2O3S/c1-13-19(20(25)23-10-9-14-5-4-6-16(22)11-14)28-21(24-13)15-7-8-17(26-2)18(12-15)27-3/h4-8,11-12H,9-10H2,1-3H3,(H,23,25). The van der Waals surface area contributed by atoms with E-state index in [9.17, 15) is 9.18 Å². The molecule has 28 heavy (non-hydrogen) atoms. The molecule has 3 aromatic rings. The van der Waals surface area contributed by atoms with Crippen molar-refractivity contribution in [2.45, 2.75) is 13.3 Å². The molecule has 1 N–H and O–H groups in total. The highest BCUT2D eigenvalue weighted by Gasteiger charge is 2.17. The highest BCUT2D eigenvalue weighted by Crippen LogP contribution is 2.34. The third-order valence-electron chi connectivity index (χ3n) is 4.22. The topological polar surface area (TPSA) is 60.5 Å². The van der Waals surface area contributed by atoms with E-state index in [-0.39, 0.29) is 11.7 Å². The Kier molecular flexibility index (Phi) is 6.26. The van der Waals surface area contributed by atoms with Crippen LogP contribution >= 0.6 is 11.3 Å². The number of hydrogen-bond donors (Lipinski definition) is 1. The number of ether oxygens (including phenoxy) is 2. The van der Waals surface area contributed by atoms with Crippen molar-refractivity contribution in [3.63, 3.8) is 0 Å². The van der Waals surface area contributed by atoms with Crippen molar-refractivity contribution in [3.05, 3.63) is 64.4 Å². The molecule has 5 nitrogen and oxygen atoms in total. The molecule has 0 aliphatic carbocycles. The maximum absolute atomic E-state index is 13.2. The van der Waals surface area contributed by atoms with Gasteiger partial charge in [0.15, 0.2) is 11.5 Å². The van der Waals surface area contributed by atoms with Gasteiger partial charge >= 0.3 is 0 Å². The first-order valence-electron chi connectivity index (χ1n) is 8.74. The fourth-order valence-electron chi connectivity index (χ4n) is 2.79. The lowest BCUT2D eigenvalue weighted by Crippen LogP contribution is -2.25. The van der Waals surface area contributed by atoms with Gasteiger partial charge in [-0.05, 0) is 49.2 Å². The van der Waals surface area contributed by atoms with Crippen molar-refractivity contribution in [2.75, 3.05) is 20.8 Å². The molecule has 1 amide bonds. The monoisotopic (exact) mass is 400 g/mol. The van der Waals surface area contributed by atoms with Crippen LogP contribution in [-0.4, -0.2) is 31.7 Å². The van der Waals surface area contributed by atoms with Crippen molar-refractivity contribution in [1.82, 2.24) is 10.3 Å². The zero-order chi connectivity index (χ0) is 20.1. The van der Waals surface area contributed by atoms with Crippen molar-refractivity contribution in [3.8, 4) is 22.1 Å². The van der Waals surface area contributed by atoms with Gasteiger partial charge in [0.1, 0.15) is 15.7 Å². The lowest BCUT2D eigenvalue weighted by molar-refractivity contribution is 0.0957. The Balaban J connectivity index is 1.70. The average molecular weight is 400 g/mol. The van der Waals surface area contributed by atoms with E-state index in [1.54, 1.807) is 20.3 Å². The molecular weight excluding hydrogens is 379 g/mol. The van der Waals surface area contributed by atoms with Crippen molar-refractivity contribution >= 4 is 17.2 Å². The van der Waals surface area contributed by atoms with Crippen molar-refractivity contribution in [2.24, 2.45) is 0 Å². The summed E-state index contributed by atoms with van der Waals surface area (Å²) in [6.45, 7) is 2.23. The third kappa shape index (κ3) is 4.48. The predicted octanol–water partition coefficient (Wildman–Crippen LogP) is 4.25. The first-order chi connectivity index (χ1) is 13.5. The second kappa shape index (κ2) is 8.84. The highest BCUT2D eigenvalue weighted by atomic mass is 32.1. The first-order valence-corrected chi connectivity index (χ1v) is 9.56. The van der Waals surface area contributed by atoms with E-state index < -0.39 is 0 Å². The number of nitrogens with zero attached hydrogens (tertiary/aromatic N) is 1. The molecule has 1 aromatic heterocycles. The molecule has 0 fully saturated rings. The van der Waals surface area contributed by atoms with Crippen LogP contribution in [-0.2, 0) is 6.42 Å². The summed E-state index contributed by atoms with van der Waals surface area (Å²) in [7, 11) is 3.16. The van der Waals surface area contributed by atoms with Gasteiger partial charge in [0, 0.05) is 12.1 Å². The zero-order valence-electron chi connectivity index (χ0n) is 15.9. The van der Waals surface area contributed by atoms with Crippen LogP contribution in [0.2, 0.25) is 0 Å². The maximum Gasteiger partial charge on any atom is 0.263 e. The van der Waals surface area contributed by atoms with E-state index in [0.29, 0.717) is 35.0 Å². The molecule has 0 aliphatic heterocycles. The van der Waals surface area contributed by atoms with E-state index in [1.807, 2.05) is 31.2 Å². The minimum absolute atomic E-state index is 0.182. The lowest BCUT2D eigenvalue weighted by atomic mass is 10.1. The van der Waals surface area contributed by atoms with Gasteiger partial charge in [0.2, 0.25) is 0 Å². The number of amides is 1. The number of rotatable bonds is 7. The van der Waals surface area contributed by atoms with Gasteiger partial charge in [-0.15, -0.1) is 11.3 Å². The minimum atomic E-state index is -0.276. The molecule has 146 valence electrons. The molecule has 0 saturated heterocycles. The number of nitrogens with one attached hydrogen (secondary N) is 1. The zero-order valence-corrected chi connectivity index (χ0v) is 16.7. The Morgan fingerprint density at radius 2 is 1.93 bits per heavy atom. The number of carbonyl (C=O) groups is 1. The third-order valence-corrected chi connectivity index (χ3v) is 5.43. The van der Waals surface area contributed by atoms with Crippen LogP contribution in [0.3, 0.4) is 0 Å². The summed E-state index contributed by atoms with van der Waals surface area (Å²) in [5.74, 6) is 0.781. The van der Waals surface area contributed by atoms with Crippen LogP contribution in [0.4, 0.5) is 4.39 Å². The van der Waals surface area contributed by atoms with Crippen LogP contribution < -0.4 is 14.8 Å². The smallest absolute Gasteiger partial charge is 0.263 e. The number of hydrogen-bond acceptors (Lipinski definition) is 5. The first kappa shape index (κ1) is 19.8. The van der Waals surface area contributed by atoms with Gasteiger partial charge in [0.05, 0.1) is 19.9 Å². The Hall–Kier alpha value is -2.93. The summed E-state index contributed by atoms with van der Waals surface area (Å²) in [5, 5.41) is 3.61. The van der Waals surface area contributed by atoms with Gasteiger partial charge in [0.25, 0.3) is 5.91 Å². The van der Waals surface area contributed by atoms with Crippen molar-refractivity contribution < 1.29 is 18.7 Å². The molecule has 0 saturated carbocycles. The molecule has 2 aromatic carbocycles. The second-order valence-corrected chi connectivity index (χ2v) is 7.14. The normalized spacial score (nSPS) is 10.6. The quantitative estimate of drug-likeness (QED) is 0.644. The SMILES string of the molecule is COc1ccc(-c2nc(C)c(C(=O)NCCc3cccc(F)c3)s2)cc1OC. The summed E-state index contributed by atoms with van der Waals surface area (Å²) >= 11 is 1.32. The molecule has 7 heteroatoms. The van der Waals surface area contributed by atoms with E-state index in [1.165, 1.54) is 23.5 Å². The van der Waals surface area contributed by atoms with E-state index >= 15 is 0 Å².